The highest BCUT2D eigenvalue weighted by molar-refractivity contribution is 5.81. The Bertz CT molecular complexity index is 189. The Kier molecular flexibility index (Phi) is 3.96. The van der Waals surface area contributed by atoms with Gasteiger partial charge in [-0.3, -0.25) is 0 Å². The van der Waals surface area contributed by atoms with E-state index in [1.165, 1.54) is 6.08 Å². The van der Waals surface area contributed by atoms with Gasteiger partial charge >= 0.3 is 5.97 Å². The number of rotatable bonds is 3. The van der Waals surface area contributed by atoms with E-state index in [-0.39, 0.29) is 12.4 Å². The van der Waals surface area contributed by atoms with Crippen LogP contribution in [0.15, 0.2) is 12.7 Å². The molecule has 0 aliphatic carbocycles. The molecular weight excluding hydrogens is 168 g/mol. The summed E-state index contributed by atoms with van der Waals surface area (Å²) in [5, 5.41) is 0. The van der Waals surface area contributed by atoms with Crippen molar-refractivity contribution in [1.82, 2.24) is 0 Å². The SMILES string of the molecule is C=CC(=O)OC1CCCC(CC)O1. The van der Waals surface area contributed by atoms with Crippen LogP contribution in [0.5, 0.6) is 0 Å². The van der Waals surface area contributed by atoms with Crippen LogP contribution in [0.2, 0.25) is 0 Å². The minimum Gasteiger partial charge on any atom is -0.433 e. The van der Waals surface area contributed by atoms with E-state index in [1.807, 2.05) is 0 Å². The first-order chi connectivity index (χ1) is 6.26. The summed E-state index contributed by atoms with van der Waals surface area (Å²) in [6, 6.07) is 0. The predicted octanol–water partition coefficient (Wildman–Crippen LogP) is 2.02. The van der Waals surface area contributed by atoms with Gasteiger partial charge in [-0.25, -0.2) is 4.79 Å². The lowest BCUT2D eigenvalue weighted by molar-refractivity contribution is -0.198. The molecule has 3 heteroatoms. The fourth-order valence-electron chi connectivity index (χ4n) is 1.43. The van der Waals surface area contributed by atoms with E-state index in [9.17, 15) is 4.79 Å². The number of carbonyl (C=O) groups is 1. The Balaban J connectivity index is 2.33. The third kappa shape index (κ3) is 3.19. The van der Waals surface area contributed by atoms with E-state index in [0.717, 1.165) is 25.7 Å². The van der Waals surface area contributed by atoms with Gasteiger partial charge in [-0.2, -0.15) is 0 Å². The van der Waals surface area contributed by atoms with E-state index < -0.39 is 5.97 Å². The third-order valence-electron chi connectivity index (χ3n) is 2.18. The summed E-state index contributed by atoms with van der Waals surface area (Å²) >= 11 is 0. The van der Waals surface area contributed by atoms with Crippen molar-refractivity contribution in [3.8, 4) is 0 Å². The van der Waals surface area contributed by atoms with Gasteiger partial charge < -0.3 is 9.47 Å². The van der Waals surface area contributed by atoms with Crippen LogP contribution in [0.4, 0.5) is 0 Å². The van der Waals surface area contributed by atoms with Gasteiger partial charge in [0, 0.05) is 12.5 Å². The fourth-order valence-corrected chi connectivity index (χ4v) is 1.43. The molecule has 1 heterocycles. The Morgan fingerprint density at radius 1 is 1.69 bits per heavy atom. The molecular formula is C10H16O3. The van der Waals surface area contributed by atoms with Crippen LogP contribution >= 0.6 is 0 Å². The average Bonchev–Trinajstić information content (AvgIpc) is 2.18. The lowest BCUT2D eigenvalue weighted by atomic mass is 10.1. The van der Waals surface area contributed by atoms with Crippen LogP contribution in [0.1, 0.15) is 32.6 Å². The normalized spacial score (nSPS) is 28.1. The molecule has 1 aliphatic heterocycles. The van der Waals surface area contributed by atoms with Crippen molar-refractivity contribution >= 4 is 5.97 Å². The van der Waals surface area contributed by atoms with Crippen molar-refractivity contribution < 1.29 is 14.3 Å². The molecule has 0 bridgehead atoms. The zero-order valence-corrected chi connectivity index (χ0v) is 7.99. The first kappa shape index (κ1) is 10.3. The zero-order chi connectivity index (χ0) is 9.68. The molecule has 0 amide bonds. The second kappa shape index (κ2) is 5.02. The van der Waals surface area contributed by atoms with Crippen molar-refractivity contribution in [3.05, 3.63) is 12.7 Å². The standard InChI is InChI=1S/C10H16O3/c1-3-8-6-5-7-10(12-8)13-9(11)4-2/h4,8,10H,2-3,5-7H2,1H3. The number of hydrogen-bond acceptors (Lipinski definition) is 3. The number of hydrogen-bond donors (Lipinski definition) is 0. The molecule has 2 atom stereocenters. The minimum absolute atomic E-state index is 0.247. The summed E-state index contributed by atoms with van der Waals surface area (Å²) in [7, 11) is 0. The smallest absolute Gasteiger partial charge is 0.332 e. The highest BCUT2D eigenvalue weighted by atomic mass is 16.7. The molecule has 74 valence electrons. The van der Waals surface area contributed by atoms with E-state index >= 15 is 0 Å². The van der Waals surface area contributed by atoms with Gasteiger partial charge in [0.2, 0.25) is 6.29 Å². The molecule has 2 unspecified atom stereocenters. The second-order valence-electron chi connectivity index (χ2n) is 3.17. The maximum atomic E-state index is 10.9. The van der Waals surface area contributed by atoms with Gasteiger partial charge in [0.05, 0.1) is 6.10 Å². The van der Waals surface area contributed by atoms with Gasteiger partial charge in [-0.15, -0.1) is 0 Å². The summed E-state index contributed by atoms with van der Waals surface area (Å²) in [5.41, 5.74) is 0. The maximum absolute atomic E-state index is 10.9. The van der Waals surface area contributed by atoms with Crippen LogP contribution in [-0.2, 0) is 14.3 Å². The van der Waals surface area contributed by atoms with E-state index in [0.29, 0.717) is 0 Å². The number of carbonyl (C=O) groups excluding carboxylic acids is 1. The molecule has 3 nitrogen and oxygen atoms in total. The number of esters is 1. The molecule has 0 spiro atoms. The molecule has 1 rings (SSSR count). The molecule has 0 aromatic heterocycles. The van der Waals surface area contributed by atoms with Crippen molar-refractivity contribution in [2.45, 2.75) is 45.0 Å². The Morgan fingerprint density at radius 3 is 3.08 bits per heavy atom. The Labute approximate surface area is 78.7 Å². The lowest BCUT2D eigenvalue weighted by Gasteiger charge is -2.28. The summed E-state index contributed by atoms with van der Waals surface area (Å²) in [6.07, 6.45) is 4.96. The van der Waals surface area contributed by atoms with Crippen molar-refractivity contribution in [3.63, 3.8) is 0 Å². The lowest BCUT2D eigenvalue weighted by Crippen LogP contribution is -2.30. The van der Waals surface area contributed by atoms with E-state index in [4.69, 9.17) is 9.47 Å². The molecule has 1 aliphatic rings. The largest absolute Gasteiger partial charge is 0.433 e. The predicted molar refractivity (Wildman–Crippen MR) is 49.1 cm³/mol. The van der Waals surface area contributed by atoms with Gasteiger partial charge in [-0.05, 0) is 19.3 Å². The molecule has 0 saturated carbocycles. The molecule has 1 saturated heterocycles. The van der Waals surface area contributed by atoms with Crippen LogP contribution in [0.3, 0.4) is 0 Å². The Hall–Kier alpha value is -0.830. The first-order valence-electron chi connectivity index (χ1n) is 4.74. The highest BCUT2D eigenvalue weighted by Crippen LogP contribution is 2.21. The number of ether oxygens (including phenoxy) is 2. The molecule has 13 heavy (non-hydrogen) atoms. The summed E-state index contributed by atoms with van der Waals surface area (Å²) in [5.74, 6) is -0.401. The summed E-state index contributed by atoms with van der Waals surface area (Å²) in [6.45, 7) is 5.41. The maximum Gasteiger partial charge on any atom is 0.332 e. The van der Waals surface area contributed by atoms with Crippen LogP contribution in [0, 0.1) is 0 Å². The van der Waals surface area contributed by atoms with Gasteiger partial charge in [0.25, 0.3) is 0 Å². The van der Waals surface area contributed by atoms with Crippen LogP contribution in [-0.4, -0.2) is 18.4 Å². The molecule has 0 radical (unpaired) electrons. The quantitative estimate of drug-likeness (QED) is 0.497. The fraction of sp³-hybridized carbons (Fsp3) is 0.700. The monoisotopic (exact) mass is 184 g/mol. The van der Waals surface area contributed by atoms with Crippen LogP contribution < -0.4 is 0 Å². The summed E-state index contributed by atoms with van der Waals surface area (Å²) < 4.78 is 10.5. The van der Waals surface area contributed by atoms with Gasteiger partial charge in [0.15, 0.2) is 0 Å². The Morgan fingerprint density at radius 2 is 2.46 bits per heavy atom. The van der Waals surface area contributed by atoms with Crippen molar-refractivity contribution in [2.24, 2.45) is 0 Å². The van der Waals surface area contributed by atoms with Crippen molar-refractivity contribution in [1.29, 1.82) is 0 Å². The molecule has 1 fully saturated rings. The van der Waals surface area contributed by atoms with E-state index in [2.05, 4.69) is 13.5 Å². The minimum atomic E-state index is -0.401. The summed E-state index contributed by atoms with van der Waals surface area (Å²) in [4.78, 5) is 10.9. The topological polar surface area (TPSA) is 35.5 Å². The van der Waals surface area contributed by atoms with E-state index in [1.54, 1.807) is 0 Å². The second-order valence-corrected chi connectivity index (χ2v) is 3.17. The first-order valence-corrected chi connectivity index (χ1v) is 4.74. The van der Waals surface area contributed by atoms with Gasteiger partial charge in [-0.1, -0.05) is 13.5 Å². The zero-order valence-electron chi connectivity index (χ0n) is 7.99. The molecule has 0 N–H and O–H groups in total. The van der Waals surface area contributed by atoms with Gasteiger partial charge in [0.1, 0.15) is 0 Å². The highest BCUT2D eigenvalue weighted by Gasteiger charge is 2.23. The third-order valence-corrected chi connectivity index (χ3v) is 2.18. The molecule has 0 aromatic rings. The van der Waals surface area contributed by atoms with Crippen molar-refractivity contribution in [2.75, 3.05) is 0 Å². The average molecular weight is 184 g/mol. The molecule has 0 aromatic carbocycles. The van der Waals surface area contributed by atoms with Crippen LogP contribution in [0.25, 0.3) is 0 Å².